The van der Waals surface area contributed by atoms with Crippen molar-refractivity contribution < 1.29 is 19.1 Å². The lowest BCUT2D eigenvalue weighted by Gasteiger charge is -2.24. The molecule has 2 heterocycles. The SMILES string of the molecule is CC(C)(C)C(=O)Nc1nc(OC(=O)N(c2ccccc2)c2ccccc2)c2c(Br)cn(C(=O)N(c3ccccc3)c3ccccc3)c2n1. The molecule has 240 valence electrons. The highest BCUT2D eigenvalue weighted by Crippen LogP contribution is 2.36. The predicted molar refractivity (Wildman–Crippen MR) is 190 cm³/mol. The minimum Gasteiger partial charge on any atom is -0.390 e. The smallest absolute Gasteiger partial charge is 0.390 e. The summed E-state index contributed by atoms with van der Waals surface area (Å²) in [6, 6.07) is 36.0. The van der Waals surface area contributed by atoms with E-state index in [2.05, 4.69) is 31.2 Å². The molecule has 0 aliphatic rings. The molecule has 3 amide bonds. The molecule has 0 aliphatic carbocycles. The van der Waals surface area contributed by atoms with Crippen LogP contribution >= 0.6 is 15.9 Å². The van der Waals surface area contributed by atoms with Crippen LogP contribution in [0.1, 0.15) is 20.8 Å². The summed E-state index contributed by atoms with van der Waals surface area (Å²) in [5, 5.41) is 2.99. The third-order valence-electron chi connectivity index (χ3n) is 7.29. The topological polar surface area (TPSA) is 110 Å². The molecule has 4 aromatic carbocycles. The van der Waals surface area contributed by atoms with Crippen molar-refractivity contribution in [2.24, 2.45) is 5.41 Å². The molecule has 0 saturated heterocycles. The quantitative estimate of drug-likeness (QED) is 0.185. The van der Waals surface area contributed by atoms with Gasteiger partial charge in [0.1, 0.15) is 0 Å². The van der Waals surface area contributed by atoms with Crippen LogP contribution in [0.5, 0.6) is 5.88 Å². The molecule has 0 saturated carbocycles. The van der Waals surface area contributed by atoms with Gasteiger partial charge in [-0.25, -0.2) is 14.5 Å². The molecule has 0 bridgehead atoms. The van der Waals surface area contributed by atoms with Gasteiger partial charge in [-0.3, -0.25) is 19.6 Å². The van der Waals surface area contributed by atoms with E-state index in [1.54, 1.807) is 56.1 Å². The average molecular weight is 704 g/mol. The van der Waals surface area contributed by atoms with E-state index in [0.29, 0.717) is 27.2 Å². The van der Waals surface area contributed by atoms with Crippen molar-refractivity contribution in [2.45, 2.75) is 20.8 Å². The normalized spacial score (nSPS) is 11.2. The Labute approximate surface area is 285 Å². The van der Waals surface area contributed by atoms with Crippen LogP contribution in [0.3, 0.4) is 0 Å². The van der Waals surface area contributed by atoms with Crippen molar-refractivity contribution >= 4 is 73.7 Å². The fourth-order valence-corrected chi connectivity index (χ4v) is 5.44. The van der Waals surface area contributed by atoms with Crippen LogP contribution in [0, 0.1) is 5.41 Å². The summed E-state index contributed by atoms with van der Waals surface area (Å²) in [6.45, 7) is 5.25. The first-order valence-corrected chi connectivity index (χ1v) is 15.9. The van der Waals surface area contributed by atoms with Crippen LogP contribution < -0.4 is 19.9 Å². The van der Waals surface area contributed by atoms with Gasteiger partial charge < -0.3 is 4.74 Å². The number of aromatic nitrogens is 3. The molecule has 0 aliphatic heterocycles. The first-order valence-electron chi connectivity index (χ1n) is 15.1. The van der Waals surface area contributed by atoms with E-state index in [1.807, 2.05) is 97.1 Å². The minimum atomic E-state index is -0.789. The number of benzene rings is 4. The number of carbonyl (C=O) groups excluding carboxylic acids is 3. The van der Waals surface area contributed by atoms with Crippen LogP contribution in [0.25, 0.3) is 11.0 Å². The second-order valence-electron chi connectivity index (χ2n) is 11.8. The number of hydrogen-bond acceptors (Lipinski definition) is 6. The van der Waals surface area contributed by atoms with Gasteiger partial charge in [0.25, 0.3) is 0 Å². The number of hydrogen-bond donors (Lipinski definition) is 1. The van der Waals surface area contributed by atoms with Gasteiger partial charge in [-0.15, -0.1) is 0 Å². The van der Waals surface area contributed by atoms with Gasteiger partial charge in [-0.2, -0.15) is 9.97 Å². The van der Waals surface area contributed by atoms with Gasteiger partial charge in [0.15, 0.2) is 5.65 Å². The monoisotopic (exact) mass is 702 g/mol. The van der Waals surface area contributed by atoms with Crippen LogP contribution in [-0.4, -0.2) is 32.6 Å². The van der Waals surface area contributed by atoms with Crippen LogP contribution in [0.15, 0.2) is 132 Å². The molecule has 0 atom stereocenters. The summed E-state index contributed by atoms with van der Waals surface area (Å²) in [5.41, 5.74) is 1.69. The van der Waals surface area contributed by atoms with Crippen molar-refractivity contribution in [3.8, 4) is 5.88 Å². The highest BCUT2D eigenvalue weighted by atomic mass is 79.9. The summed E-state index contributed by atoms with van der Waals surface area (Å²) in [6.07, 6.45) is 0.779. The molecule has 10 nitrogen and oxygen atoms in total. The van der Waals surface area contributed by atoms with E-state index < -0.39 is 17.5 Å². The van der Waals surface area contributed by atoms with Gasteiger partial charge >= 0.3 is 12.1 Å². The molecule has 11 heteroatoms. The highest BCUT2D eigenvalue weighted by Gasteiger charge is 2.30. The zero-order valence-electron chi connectivity index (χ0n) is 26.4. The maximum atomic E-state index is 14.5. The molecule has 0 radical (unpaired) electrons. The summed E-state index contributed by atoms with van der Waals surface area (Å²) < 4.78 is 7.75. The average Bonchev–Trinajstić information content (AvgIpc) is 3.42. The van der Waals surface area contributed by atoms with Crippen molar-refractivity contribution in [1.29, 1.82) is 0 Å². The van der Waals surface area contributed by atoms with Gasteiger partial charge in [0, 0.05) is 11.6 Å². The molecule has 0 spiro atoms. The molecule has 6 aromatic rings. The summed E-state index contributed by atoms with van der Waals surface area (Å²) in [4.78, 5) is 53.6. The zero-order valence-corrected chi connectivity index (χ0v) is 28.0. The molecule has 1 N–H and O–H groups in total. The summed E-state index contributed by atoms with van der Waals surface area (Å²) in [7, 11) is 0. The Morgan fingerprint density at radius 2 is 1.12 bits per heavy atom. The van der Waals surface area contributed by atoms with Crippen LogP contribution in [0.4, 0.5) is 38.3 Å². The molecule has 6 rings (SSSR count). The maximum Gasteiger partial charge on any atom is 0.425 e. The third-order valence-corrected chi connectivity index (χ3v) is 7.90. The number of ether oxygens (including phenoxy) is 1. The number of nitrogens with zero attached hydrogens (tertiary/aromatic N) is 5. The van der Waals surface area contributed by atoms with Crippen molar-refractivity contribution in [2.75, 3.05) is 15.1 Å². The highest BCUT2D eigenvalue weighted by molar-refractivity contribution is 9.10. The fraction of sp³-hybridized carbons (Fsp3) is 0.108. The molecule has 0 fully saturated rings. The molecular formula is C37H31BrN6O4. The summed E-state index contributed by atoms with van der Waals surface area (Å²) in [5.74, 6) is -0.662. The Balaban J connectivity index is 1.50. The Morgan fingerprint density at radius 3 is 1.56 bits per heavy atom. The van der Waals surface area contributed by atoms with Crippen LogP contribution in [-0.2, 0) is 4.79 Å². The van der Waals surface area contributed by atoms with Crippen molar-refractivity contribution in [3.63, 3.8) is 0 Å². The Hall–Kier alpha value is -5.81. The number of fused-ring (bicyclic) bond motifs is 1. The zero-order chi connectivity index (χ0) is 33.8. The van der Waals surface area contributed by atoms with Crippen molar-refractivity contribution in [3.05, 3.63) is 132 Å². The lowest BCUT2D eigenvalue weighted by molar-refractivity contribution is -0.123. The molecule has 2 aromatic heterocycles. The molecule has 48 heavy (non-hydrogen) atoms. The Bertz CT molecular complexity index is 2000. The Morgan fingerprint density at radius 1 is 0.688 bits per heavy atom. The van der Waals surface area contributed by atoms with E-state index in [9.17, 15) is 14.4 Å². The van der Waals surface area contributed by atoms with Crippen molar-refractivity contribution in [1.82, 2.24) is 14.5 Å². The second-order valence-corrected chi connectivity index (χ2v) is 12.6. The van der Waals surface area contributed by atoms with E-state index in [4.69, 9.17) is 4.74 Å². The van der Waals surface area contributed by atoms with Gasteiger partial charge in [-0.1, -0.05) is 93.6 Å². The largest absolute Gasteiger partial charge is 0.425 e. The second kappa shape index (κ2) is 13.5. The number of halogens is 1. The lowest BCUT2D eigenvalue weighted by atomic mass is 9.96. The van der Waals surface area contributed by atoms with Gasteiger partial charge in [0.05, 0.1) is 32.6 Å². The minimum absolute atomic E-state index is 0.108. The lowest BCUT2D eigenvalue weighted by Crippen LogP contribution is -2.31. The standard InChI is InChI=1S/C37H31BrN6O4/c1-37(2,3)33(45)41-34-39-31-30(32(40-34)48-36(47)44(27-20-12-6-13-21-27)28-22-14-7-15-23-28)29(38)24-42(31)35(46)43(25-16-8-4-9-17-25)26-18-10-5-11-19-26/h4-24H,1-3H3,(H,39,40,41,45). The van der Waals surface area contributed by atoms with E-state index in [-0.39, 0.29) is 28.8 Å². The molecular weight excluding hydrogens is 672 g/mol. The Kier molecular flexibility index (Phi) is 9.04. The van der Waals surface area contributed by atoms with E-state index in [0.717, 1.165) is 0 Å². The number of carbonyl (C=O) groups is 3. The van der Waals surface area contributed by atoms with Gasteiger partial charge in [0.2, 0.25) is 17.7 Å². The number of amides is 3. The number of anilines is 5. The number of rotatable bonds is 6. The number of para-hydroxylation sites is 4. The number of nitrogens with one attached hydrogen (secondary N) is 1. The van der Waals surface area contributed by atoms with E-state index in [1.165, 1.54) is 9.47 Å². The summed E-state index contributed by atoms with van der Waals surface area (Å²) >= 11 is 3.56. The fourth-order valence-electron chi connectivity index (χ4n) is 4.89. The third kappa shape index (κ3) is 6.67. The first-order chi connectivity index (χ1) is 23.1. The van der Waals surface area contributed by atoms with E-state index >= 15 is 0 Å². The first kappa shape index (κ1) is 32.1. The maximum absolute atomic E-state index is 14.5. The predicted octanol–water partition coefficient (Wildman–Crippen LogP) is 9.32. The molecule has 0 unspecified atom stereocenters. The van der Waals surface area contributed by atoms with Gasteiger partial charge in [-0.05, 0) is 64.5 Å². The van der Waals surface area contributed by atoms with Crippen LogP contribution in [0.2, 0.25) is 0 Å².